The van der Waals surface area contributed by atoms with Gasteiger partial charge in [-0.15, -0.1) is 0 Å². The number of hydrogen-bond donors (Lipinski definition) is 1. The molecule has 0 spiro atoms. The first-order valence-corrected chi connectivity index (χ1v) is 5.86. The van der Waals surface area contributed by atoms with Gasteiger partial charge in [0.1, 0.15) is 12.6 Å². The lowest BCUT2D eigenvalue weighted by atomic mass is 9.83. The van der Waals surface area contributed by atoms with Gasteiger partial charge in [-0.05, 0) is 18.8 Å². The first kappa shape index (κ1) is 11.2. The SMILES string of the molecule is O=C(O)C(C1CCCCC1)N1CCOC1=O. The van der Waals surface area contributed by atoms with Crippen LogP contribution in [-0.2, 0) is 9.53 Å². The number of hydrogen-bond acceptors (Lipinski definition) is 3. The van der Waals surface area contributed by atoms with Gasteiger partial charge in [-0.1, -0.05) is 19.3 Å². The summed E-state index contributed by atoms with van der Waals surface area (Å²) in [5, 5.41) is 9.25. The van der Waals surface area contributed by atoms with E-state index in [0.29, 0.717) is 13.2 Å². The summed E-state index contributed by atoms with van der Waals surface area (Å²) >= 11 is 0. The molecule has 1 unspecified atom stereocenters. The summed E-state index contributed by atoms with van der Waals surface area (Å²) in [6.07, 6.45) is 4.64. The molecule has 1 atom stereocenters. The van der Waals surface area contributed by atoms with Crippen LogP contribution in [0.4, 0.5) is 4.79 Å². The van der Waals surface area contributed by atoms with Crippen LogP contribution in [0.3, 0.4) is 0 Å². The van der Waals surface area contributed by atoms with Crippen LogP contribution in [0, 0.1) is 5.92 Å². The van der Waals surface area contributed by atoms with E-state index in [9.17, 15) is 14.7 Å². The van der Waals surface area contributed by atoms with Gasteiger partial charge in [-0.25, -0.2) is 9.59 Å². The molecule has 0 aromatic rings. The molecule has 5 nitrogen and oxygen atoms in total. The summed E-state index contributed by atoms with van der Waals surface area (Å²) < 4.78 is 4.81. The predicted molar refractivity (Wildman–Crippen MR) is 56.1 cm³/mol. The van der Waals surface area contributed by atoms with Gasteiger partial charge in [0.15, 0.2) is 0 Å². The molecule has 1 saturated carbocycles. The quantitative estimate of drug-likeness (QED) is 0.792. The minimum atomic E-state index is -0.897. The lowest BCUT2D eigenvalue weighted by molar-refractivity contribution is -0.144. The number of rotatable bonds is 3. The molecule has 90 valence electrons. The van der Waals surface area contributed by atoms with E-state index in [1.807, 2.05) is 0 Å². The van der Waals surface area contributed by atoms with Gasteiger partial charge in [0, 0.05) is 0 Å². The topological polar surface area (TPSA) is 66.8 Å². The highest BCUT2D eigenvalue weighted by Crippen LogP contribution is 2.30. The van der Waals surface area contributed by atoms with E-state index in [0.717, 1.165) is 25.7 Å². The fourth-order valence-corrected chi connectivity index (χ4v) is 2.70. The minimum Gasteiger partial charge on any atom is -0.480 e. The average molecular weight is 227 g/mol. The Bertz CT molecular complexity index is 286. The number of amides is 1. The second-order valence-electron chi connectivity index (χ2n) is 4.49. The van der Waals surface area contributed by atoms with Crippen molar-refractivity contribution >= 4 is 12.1 Å². The number of carboxylic acid groups (broad SMARTS) is 1. The van der Waals surface area contributed by atoms with Crippen molar-refractivity contribution in [1.29, 1.82) is 0 Å². The summed E-state index contributed by atoms with van der Waals surface area (Å²) in [6, 6.07) is -0.685. The van der Waals surface area contributed by atoms with Crippen LogP contribution in [-0.4, -0.2) is 41.3 Å². The van der Waals surface area contributed by atoms with Gasteiger partial charge >= 0.3 is 12.1 Å². The predicted octanol–water partition coefficient (Wildman–Crippen LogP) is 1.47. The van der Waals surface area contributed by atoms with E-state index >= 15 is 0 Å². The Kier molecular flexibility index (Phi) is 3.31. The van der Waals surface area contributed by atoms with E-state index in [1.54, 1.807) is 0 Å². The Morgan fingerprint density at radius 3 is 2.56 bits per heavy atom. The van der Waals surface area contributed by atoms with Crippen molar-refractivity contribution < 1.29 is 19.4 Å². The molecule has 1 aliphatic carbocycles. The summed E-state index contributed by atoms with van der Waals surface area (Å²) in [5.74, 6) is -0.803. The third-order valence-corrected chi connectivity index (χ3v) is 3.48. The Morgan fingerprint density at radius 2 is 2.06 bits per heavy atom. The number of cyclic esters (lactones) is 1. The molecule has 0 aromatic carbocycles. The molecule has 1 N–H and O–H groups in total. The Balaban J connectivity index is 2.09. The summed E-state index contributed by atoms with van der Waals surface area (Å²) in [7, 11) is 0. The zero-order valence-corrected chi connectivity index (χ0v) is 9.22. The van der Waals surface area contributed by atoms with Crippen LogP contribution in [0.15, 0.2) is 0 Å². The second-order valence-corrected chi connectivity index (χ2v) is 4.49. The van der Waals surface area contributed by atoms with Crippen LogP contribution in [0.25, 0.3) is 0 Å². The fourth-order valence-electron chi connectivity index (χ4n) is 2.70. The van der Waals surface area contributed by atoms with E-state index in [-0.39, 0.29) is 5.92 Å². The Labute approximate surface area is 94.4 Å². The third kappa shape index (κ3) is 2.13. The van der Waals surface area contributed by atoms with E-state index in [4.69, 9.17) is 4.74 Å². The largest absolute Gasteiger partial charge is 0.480 e. The molecule has 1 aliphatic heterocycles. The highest BCUT2D eigenvalue weighted by Gasteiger charge is 2.39. The zero-order valence-electron chi connectivity index (χ0n) is 9.22. The first-order chi connectivity index (χ1) is 7.70. The highest BCUT2D eigenvalue weighted by atomic mass is 16.6. The number of carbonyl (C=O) groups excluding carboxylic acids is 1. The molecule has 1 heterocycles. The second kappa shape index (κ2) is 4.72. The Hall–Kier alpha value is -1.26. The van der Waals surface area contributed by atoms with Crippen LogP contribution in [0.1, 0.15) is 32.1 Å². The molecule has 1 amide bonds. The smallest absolute Gasteiger partial charge is 0.410 e. The lowest BCUT2D eigenvalue weighted by Crippen LogP contribution is -2.47. The first-order valence-electron chi connectivity index (χ1n) is 5.86. The van der Waals surface area contributed by atoms with Crippen LogP contribution < -0.4 is 0 Å². The molecule has 2 fully saturated rings. The zero-order chi connectivity index (χ0) is 11.5. The van der Waals surface area contributed by atoms with E-state index < -0.39 is 18.1 Å². The summed E-state index contributed by atoms with van der Waals surface area (Å²) in [5.41, 5.74) is 0. The molecule has 0 aromatic heterocycles. The number of carboxylic acids is 1. The Morgan fingerprint density at radius 1 is 1.38 bits per heavy atom. The van der Waals surface area contributed by atoms with Crippen molar-refractivity contribution in [3.63, 3.8) is 0 Å². The number of aliphatic carboxylic acids is 1. The van der Waals surface area contributed by atoms with Crippen molar-refractivity contribution in [2.45, 2.75) is 38.1 Å². The van der Waals surface area contributed by atoms with Crippen molar-refractivity contribution in [3.8, 4) is 0 Å². The van der Waals surface area contributed by atoms with Crippen molar-refractivity contribution in [2.24, 2.45) is 5.92 Å². The maximum Gasteiger partial charge on any atom is 0.410 e. The van der Waals surface area contributed by atoms with Crippen LogP contribution in [0.5, 0.6) is 0 Å². The maximum absolute atomic E-state index is 11.4. The maximum atomic E-state index is 11.4. The van der Waals surface area contributed by atoms with Crippen LogP contribution in [0.2, 0.25) is 0 Å². The molecule has 5 heteroatoms. The van der Waals surface area contributed by atoms with Crippen molar-refractivity contribution in [3.05, 3.63) is 0 Å². The molecular weight excluding hydrogens is 210 g/mol. The van der Waals surface area contributed by atoms with Gasteiger partial charge in [-0.2, -0.15) is 0 Å². The van der Waals surface area contributed by atoms with Crippen molar-refractivity contribution in [1.82, 2.24) is 4.90 Å². The molecule has 1 saturated heterocycles. The van der Waals surface area contributed by atoms with Gasteiger partial charge in [-0.3, -0.25) is 4.90 Å². The molecule has 16 heavy (non-hydrogen) atoms. The summed E-state index contributed by atoms with van der Waals surface area (Å²) in [6.45, 7) is 0.724. The van der Waals surface area contributed by atoms with E-state index in [1.165, 1.54) is 11.3 Å². The fraction of sp³-hybridized carbons (Fsp3) is 0.818. The third-order valence-electron chi connectivity index (χ3n) is 3.48. The molecule has 0 bridgehead atoms. The number of nitrogens with zero attached hydrogens (tertiary/aromatic N) is 1. The van der Waals surface area contributed by atoms with E-state index in [2.05, 4.69) is 0 Å². The molecule has 0 radical (unpaired) electrons. The number of ether oxygens (including phenoxy) is 1. The monoisotopic (exact) mass is 227 g/mol. The molecule has 2 aliphatic rings. The molecule has 2 rings (SSSR count). The standard InChI is InChI=1S/C11H17NO4/c13-10(14)9(8-4-2-1-3-5-8)12-6-7-16-11(12)15/h8-9H,1-7H2,(H,13,14). The van der Waals surface area contributed by atoms with Gasteiger partial charge in [0.05, 0.1) is 6.54 Å². The van der Waals surface area contributed by atoms with Crippen LogP contribution >= 0.6 is 0 Å². The van der Waals surface area contributed by atoms with Crippen molar-refractivity contribution in [2.75, 3.05) is 13.2 Å². The lowest BCUT2D eigenvalue weighted by Gasteiger charge is -2.32. The average Bonchev–Trinajstić information content (AvgIpc) is 2.66. The minimum absolute atomic E-state index is 0.0944. The van der Waals surface area contributed by atoms with Gasteiger partial charge in [0.25, 0.3) is 0 Å². The van der Waals surface area contributed by atoms with Gasteiger partial charge < -0.3 is 9.84 Å². The summed E-state index contributed by atoms with van der Waals surface area (Å²) in [4.78, 5) is 24.1. The number of carbonyl (C=O) groups is 2. The highest BCUT2D eigenvalue weighted by molar-refractivity contribution is 5.81. The molecular formula is C11H17NO4. The van der Waals surface area contributed by atoms with Gasteiger partial charge in [0.2, 0.25) is 0 Å². The normalized spacial score (nSPS) is 24.2.